The molecule has 0 aliphatic rings. The van der Waals surface area contributed by atoms with Gasteiger partial charge in [0.15, 0.2) is 0 Å². The third kappa shape index (κ3) is 8.56. The minimum Gasteiger partial charge on any atom is -0.499 e. The number of benzene rings is 1. The number of rotatable bonds is 7. The summed E-state index contributed by atoms with van der Waals surface area (Å²) in [6.45, 7) is 12.6. The summed E-state index contributed by atoms with van der Waals surface area (Å²) in [7, 11) is -3.88. The van der Waals surface area contributed by atoms with E-state index in [-0.39, 0.29) is 10.6 Å². The largest absolute Gasteiger partial charge is 0.499 e. The predicted octanol–water partition coefficient (Wildman–Crippen LogP) is 5.13. The van der Waals surface area contributed by atoms with Crippen LogP contribution in [-0.4, -0.2) is 20.0 Å². The van der Waals surface area contributed by atoms with Crippen LogP contribution in [0.25, 0.3) is 11.1 Å². The molecule has 2 aromatic rings. The second-order valence-corrected chi connectivity index (χ2v) is 8.56. The van der Waals surface area contributed by atoms with E-state index in [1.807, 2.05) is 72.0 Å². The van der Waals surface area contributed by atoms with Crippen molar-refractivity contribution in [2.75, 3.05) is 17.7 Å². The second kappa shape index (κ2) is 12.7. The van der Waals surface area contributed by atoms with Gasteiger partial charge in [-0.3, -0.25) is 0 Å². The Morgan fingerprint density at radius 3 is 2.34 bits per heavy atom. The van der Waals surface area contributed by atoms with Gasteiger partial charge < -0.3 is 15.8 Å². The van der Waals surface area contributed by atoms with Gasteiger partial charge in [-0.25, -0.2) is 18.5 Å². The highest BCUT2D eigenvalue weighted by Gasteiger charge is 2.14. The summed E-state index contributed by atoms with van der Waals surface area (Å²) in [6, 6.07) is 6.65. The third-order valence-corrected chi connectivity index (χ3v) is 5.50. The molecule has 0 amide bonds. The van der Waals surface area contributed by atoms with E-state index < -0.39 is 10.0 Å². The lowest BCUT2D eigenvalue weighted by Gasteiger charge is -2.10. The van der Waals surface area contributed by atoms with Crippen LogP contribution in [0.1, 0.15) is 40.2 Å². The summed E-state index contributed by atoms with van der Waals surface area (Å²) in [5.41, 5.74) is 9.35. The van der Waals surface area contributed by atoms with Gasteiger partial charge in [-0.15, -0.1) is 0 Å². The molecule has 5 N–H and O–H groups in total. The highest BCUT2D eigenvalue weighted by molar-refractivity contribution is 7.89. The summed E-state index contributed by atoms with van der Waals surface area (Å²) in [5.74, 6) is 1.73. The quantitative estimate of drug-likeness (QED) is 0.301. The molecule has 8 heteroatoms. The maximum Gasteiger partial charge on any atom is 0.240 e. The molecule has 1 heterocycles. The van der Waals surface area contributed by atoms with E-state index in [9.17, 15) is 8.42 Å². The number of allylic oxidation sites excluding steroid dienone is 5. The van der Waals surface area contributed by atoms with Gasteiger partial charge in [0.2, 0.25) is 10.0 Å². The zero-order chi connectivity index (χ0) is 24.3. The number of hydrogen-bond acceptors (Lipinski definition) is 6. The van der Waals surface area contributed by atoms with Crippen molar-refractivity contribution in [3.63, 3.8) is 0 Å². The molecule has 0 atom stereocenters. The average Bonchev–Trinajstić information content (AvgIpc) is 2.74. The highest BCUT2D eigenvalue weighted by Crippen LogP contribution is 2.27. The number of aryl methyl sites for hydroxylation is 1. The van der Waals surface area contributed by atoms with Crippen LogP contribution >= 0.6 is 0 Å². The van der Waals surface area contributed by atoms with Crippen molar-refractivity contribution in [2.24, 2.45) is 5.14 Å². The molecule has 7 nitrogen and oxygen atoms in total. The number of sulfonamides is 1. The third-order valence-electron chi connectivity index (χ3n) is 4.53. The molecule has 1 aromatic carbocycles. The Kier molecular flexibility index (Phi) is 10.7. The molecule has 0 saturated carbocycles. The number of primary sulfonamides is 1. The summed E-state index contributed by atoms with van der Waals surface area (Å²) in [4.78, 5) is 4.31. The molecule has 0 fully saturated rings. The van der Waals surface area contributed by atoms with Crippen molar-refractivity contribution in [1.82, 2.24) is 4.98 Å². The summed E-state index contributed by atoms with van der Waals surface area (Å²) >= 11 is 0. The molecule has 0 unspecified atom stereocenters. The van der Waals surface area contributed by atoms with Crippen LogP contribution in [0.2, 0.25) is 0 Å². The minimum atomic E-state index is -3.88. The van der Waals surface area contributed by atoms with Gasteiger partial charge in [0.1, 0.15) is 10.7 Å². The number of pyridine rings is 1. The molecule has 2 rings (SSSR count). The van der Waals surface area contributed by atoms with E-state index in [0.717, 1.165) is 34.9 Å². The van der Waals surface area contributed by atoms with Crippen molar-refractivity contribution in [1.29, 1.82) is 0 Å². The molecular weight excluding hydrogens is 424 g/mol. The first-order chi connectivity index (χ1) is 15.0. The number of nitrogen functional groups attached to an aromatic ring is 1. The molecule has 0 spiro atoms. The number of hydrogen-bond donors (Lipinski definition) is 3. The standard InChI is InChI=1S/C18H22N4O2S.C6H12O/c1-4-12(2)7-8-21-18-13(3)9-15(11-22-18)14-5-6-16(19)17(10-14)25(20,23)24;1-4-6(3)7-5-2/h4-11H,19H2,1-3H3,(H,21,22)(H2,20,23,24);4H,5H2,1-3H3/b8-7+,12-4+;6-4+. The van der Waals surface area contributed by atoms with E-state index in [4.69, 9.17) is 15.6 Å². The molecule has 1 aromatic heterocycles. The second-order valence-electron chi connectivity index (χ2n) is 7.03. The first-order valence-corrected chi connectivity index (χ1v) is 11.8. The van der Waals surface area contributed by atoms with Crippen LogP contribution in [0.15, 0.2) is 71.1 Å². The Morgan fingerprint density at radius 1 is 1.16 bits per heavy atom. The van der Waals surface area contributed by atoms with Crippen LogP contribution in [0.5, 0.6) is 0 Å². The summed E-state index contributed by atoms with van der Waals surface area (Å²) < 4.78 is 28.3. The monoisotopic (exact) mass is 458 g/mol. The lowest BCUT2D eigenvalue weighted by Crippen LogP contribution is -2.14. The van der Waals surface area contributed by atoms with Crippen molar-refractivity contribution >= 4 is 21.5 Å². The molecule has 0 aliphatic heterocycles. The Bertz CT molecular complexity index is 1100. The topological polar surface area (TPSA) is 120 Å². The molecule has 0 saturated heterocycles. The van der Waals surface area contributed by atoms with Crippen LogP contribution in [0, 0.1) is 6.92 Å². The van der Waals surface area contributed by atoms with Gasteiger partial charge in [-0.1, -0.05) is 23.8 Å². The summed E-state index contributed by atoms with van der Waals surface area (Å²) in [6.07, 6.45) is 9.40. The zero-order valence-electron chi connectivity index (χ0n) is 19.6. The van der Waals surface area contributed by atoms with Gasteiger partial charge >= 0.3 is 0 Å². The van der Waals surface area contributed by atoms with Crippen molar-refractivity contribution in [3.8, 4) is 11.1 Å². The van der Waals surface area contributed by atoms with Crippen LogP contribution in [0.4, 0.5) is 11.5 Å². The van der Waals surface area contributed by atoms with Crippen molar-refractivity contribution in [3.05, 3.63) is 71.8 Å². The van der Waals surface area contributed by atoms with Crippen molar-refractivity contribution in [2.45, 2.75) is 46.4 Å². The number of nitrogens with two attached hydrogens (primary N) is 2. The fourth-order valence-corrected chi connectivity index (χ4v) is 3.19. The van der Waals surface area contributed by atoms with E-state index in [1.54, 1.807) is 12.3 Å². The smallest absolute Gasteiger partial charge is 0.240 e. The van der Waals surface area contributed by atoms with Gasteiger partial charge in [-0.2, -0.15) is 0 Å². The maximum atomic E-state index is 11.6. The Hall–Kier alpha value is -3.10. The molecule has 0 aliphatic carbocycles. The molecule has 0 bridgehead atoms. The van der Waals surface area contributed by atoms with Crippen LogP contribution in [-0.2, 0) is 14.8 Å². The average molecular weight is 459 g/mol. The fourth-order valence-electron chi connectivity index (χ4n) is 2.50. The zero-order valence-corrected chi connectivity index (χ0v) is 20.5. The van der Waals surface area contributed by atoms with E-state index in [2.05, 4.69) is 10.3 Å². The Morgan fingerprint density at radius 2 is 1.84 bits per heavy atom. The number of ether oxygens (including phenoxy) is 1. The first kappa shape index (κ1) is 26.9. The van der Waals surface area contributed by atoms with Crippen LogP contribution in [0.3, 0.4) is 0 Å². The SMILES string of the molecule is C/C=C(C)/C=C/Nc1ncc(-c2ccc(N)c(S(N)(=O)=O)c2)cc1C.C/C=C(\C)OCC. The molecule has 0 radical (unpaired) electrons. The van der Waals surface area contributed by atoms with Crippen molar-refractivity contribution < 1.29 is 13.2 Å². The van der Waals surface area contributed by atoms with Gasteiger partial charge in [0.05, 0.1) is 18.1 Å². The Labute approximate surface area is 191 Å². The van der Waals surface area contributed by atoms with Gasteiger partial charge in [-0.05, 0) is 76.9 Å². The summed E-state index contributed by atoms with van der Waals surface area (Å²) in [5, 5.41) is 8.34. The fraction of sp³-hybridized carbons (Fsp3) is 0.292. The highest BCUT2D eigenvalue weighted by atomic mass is 32.2. The van der Waals surface area contributed by atoms with Gasteiger partial charge in [0.25, 0.3) is 0 Å². The lowest BCUT2D eigenvalue weighted by molar-refractivity contribution is 0.231. The number of nitrogens with zero attached hydrogens (tertiary/aromatic N) is 1. The lowest BCUT2D eigenvalue weighted by atomic mass is 10.1. The Balaban J connectivity index is 0.000000633. The number of nitrogens with one attached hydrogen (secondary N) is 1. The maximum absolute atomic E-state index is 11.6. The first-order valence-electron chi connectivity index (χ1n) is 10.2. The number of aromatic nitrogens is 1. The molecular formula is C24H34N4O3S. The van der Waals surface area contributed by atoms with E-state index in [1.165, 1.54) is 12.1 Å². The minimum absolute atomic E-state index is 0.0883. The number of anilines is 2. The van der Waals surface area contributed by atoms with Gasteiger partial charge in [0, 0.05) is 18.0 Å². The van der Waals surface area contributed by atoms with E-state index >= 15 is 0 Å². The molecule has 174 valence electrons. The van der Waals surface area contributed by atoms with E-state index in [0.29, 0.717) is 5.56 Å². The molecule has 32 heavy (non-hydrogen) atoms. The normalized spacial score (nSPS) is 12.3. The predicted molar refractivity (Wildman–Crippen MR) is 133 cm³/mol. The van der Waals surface area contributed by atoms with Crippen LogP contribution < -0.4 is 16.2 Å².